The summed E-state index contributed by atoms with van der Waals surface area (Å²) in [4.78, 5) is 26.8. The van der Waals surface area contributed by atoms with Crippen LogP contribution in [0.5, 0.6) is 0 Å². The van der Waals surface area contributed by atoms with E-state index in [2.05, 4.69) is 17.3 Å². The van der Waals surface area contributed by atoms with Crippen LogP contribution in [0.4, 0.5) is 11.4 Å². The predicted octanol–water partition coefficient (Wildman–Crippen LogP) is 3.40. The molecule has 4 rings (SSSR count). The van der Waals surface area contributed by atoms with E-state index in [9.17, 15) is 9.59 Å². The molecule has 0 aliphatic carbocycles. The number of amides is 2. The normalized spacial score (nSPS) is 22.0. The first-order chi connectivity index (χ1) is 12.1. The van der Waals surface area contributed by atoms with E-state index in [0.29, 0.717) is 16.4 Å². The third-order valence-electron chi connectivity index (χ3n) is 4.48. The van der Waals surface area contributed by atoms with Crippen molar-refractivity contribution in [2.75, 3.05) is 9.91 Å². The Balaban J connectivity index is 1.66. The highest BCUT2D eigenvalue weighted by Crippen LogP contribution is 2.35. The summed E-state index contributed by atoms with van der Waals surface area (Å²) in [5, 5.41) is 10.1. The maximum Gasteiger partial charge on any atom is 0.263 e. The number of anilines is 2. The summed E-state index contributed by atoms with van der Waals surface area (Å²) in [6.07, 6.45) is 0.895. The molecule has 0 saturated carbocycles. The number of fused-ring (bicyclic) bond motifs is 1. The Kier molecular flexibility index (Phi) is 3.77. The molecule has 2 aliphatic heterocycles. The Morgan fingerprint density at radius 1 is 0.960 bits per heavy atom. The fourth-order valence-corrected chi connectivity index (χ4v) is 3.23. The number of hydrogen-bond donors (Lipinski definition) is 0. The zero-order valence-electron chi connectivity index (χ0n) is 13.5. The Morgan fingerprint density at radius 3 is 2.24 bits per heavy atom. The van der Waals surface area contributed by atoms with Crippen molar-refractivity contribution in [1.29, 1.82) is 0 Å². The van der Waals surface area contributed by atoms with Crippen LogP contribution in [0.3, 0.4) is 0 Å². The van der Waals surface area contributed by atoms with Crippen LogP contribution in [0, 0.1) is 0 Å². The molecule has 0 aromatic heterocycles. The SMILES string of the molecule is CCc1ccc(N2C(=O)[C@@H]3N=NN(c4ccc(Cl)cc4)[C@H]3C2=O)cc1. The molecule has 0 unspecified atom stereocenters. The quantitative estimate of drug-likeness (QED) is 0.793. The van der Waals surface area contributed by atoms with Gasteiger partial charge >= 0.3 is 0 Å². The molecule has 2 aromatic carbocycles. The van der Waals surface area contributed by atoms with Crippen LogP contribution in [0.2, 0.25) is 5.02 Å². The van der Waals surface area contributed by atoms with Crippen molar-refractivity contribution >= 4 is 34.8 Å². The van der Waals surface area contributed by atoms with Gasteiger partial charge in [0.2, 0.25) is 0 Å². The average Bonchev–Trinajstić information content (AvgIpc) is 3.17. The first kappa shape index (κ1) is 15.8. The van der Waals surface area contributed by atoms with Crippen molar-refractivity contribution in [1.82, 2.24) is 0 Å². The summed E-state index contributed by atoms with van der Waals surface area (Å²) >= 11 is 5.91. The largest absolute Gasteiger partial charge is 0.271 e. The van der Waals surface area contributed by atoms with Gasteiger partial charge in [0.25, 0.3) is 11.8 Å². The molecule has 6 nitrogen and oxygen atoms in total. The van der Waals surface area contributed by atoms with Crippen molar-refractivity contribution in [3.63, 3.8) is 0 Å². The van der Waals surface area contributed by atoms with Gasteiger partial charge in [0.05, 0.1) is 11.4 Å². The Morgan fingerprint density at radius 2 is 1.60 bits per heavy atom. The van der Waals surface area contributed by atoms with Crippen molar-refractivity contribution in [3.8, 4) is 0 Å². The topological polar surface area (TPSA) is 65.3 Å². The van der Waals surface area contributed by atoms with Crippen LogP contribution in [0.1, 0.15) is 12.5 Å². The minimum Gasteiger partial charge on any atom is -0.271 e. The van der Waals surface area contributed by atoms with Gasteiger partial charge in [-0.05, 0) is 48.4 Å². The van der Waals surface area contributed by atoms with Crippen LogP contribution >= 0.6 is 11.6 Å². The molecule has 0 spiro atoms. The van der Waals surface area contributed by atoms with Gasteiger partial charge < -0.3 is 0 Å². The lowest BCUT2D eigenvalue weighted by atomic mass is 10.1. The van der Waals surface area contributed by atoms with Gasteiger partial charge in [0.15, 0.2) is 12.1 Å². The Labute approximate surface area is 149 Å². The van der Waals surface area contributed by atoms with Crippen molar-refractivity contribution in [3.05, 3.63) is 59.1 Å². The zero-order chi connectivity index (χ0) is 17.6. The Hall–Kier alpha value is -2.73. The van der Waals surface area contributed by atoms with Gasteiger partial charge in [-0.25, -0.2) is 9.91 Å². The molecule has 25 heavy (non-hydrogen) atoms. The zero-order valence-corrected chi connectivity index (χ0v) is 14.2. The number of benzene rings is 2. The minimum absolute atomic E-state index is 0.320. The Bertz CT molecular complexity index is 864. The number of nitrogens with zero attached hydrogens (tertiary/aromatic N) is 4. The number of imide groups is 1. The molecule has 126 valence electrons. The van der Waals surface area contributed by atoms with E-state index in [0.717, 1.165) is 12.0 Å². The van der Waals surface area contributed by atoms with Crippen molar-refractivity contribution in [2.45, 2.75) is 25.4 Å². The lowest BCUT2D eigenvalue weighted by molar-refractivity contribution is -0.121. The maximum absolute atomic E-state index is 12.9. The fourth-order valence-electron chi connectivity index (χ4n) is 3.10. The molecule has 7 heteroatoms. The van der Waals surface area contributed by atoms with Crippen LogP contribution in [0.15, 0.2) is 58.9 Å². The van der Waals surface area contributed by atoms with E-state index >= 15 is 0 Å². The molecule has 2 aromatic rings. The van der Waals surface area contributed by atoms with E-state index in [4.69, 9.17) is 11.6 Å². The van der Waals surface area contributed by atoms with Crippen LogP contribution in [-0.2, 0) is 16.0 Å². The summed E-state index contributed by atoms with van der Waals surface area (Å²) in [5.41, 5.74) is 2.38. The lowest BCUT2D eigenvalue weighted by Gasteiger charge is -2.20. The van der Waals surface area contributed by atoms with Crippen LogP contribution in [-0.4, -0.2) is 23.9 Å². The van der Waals surface area contributed by atoms with Gasteiger partial charge in [-0.3, -0.25) is 9.59 Å². The maximum atomic E-state index is 12.9. The molecule has 2 atom stereocenters. The first-order valence-corrected chi connectivity index (χ1v) is 8.40. The van der Waals surface area contributed by atoms with E-state index in [1.165, 1.54) is 9.91 Å². The molecular weight excluding hydrogens is 340 g/mol. The summed E-state index contributed by atoms with van der Waals surface area (Å²) < 4.78 is 0. The molecule has 2 heterocycles. The van der Waals surface area contributed by atoms with E-state index in [1.807, 2.05) is 12.1 Å². The minimum atomic E-state index is -0.811. The highest BCUT2D eigenvalue weighted by Gasteiger charge is 2.55. The highest BCUT2D eigenvalue weighted by molar-refractivity contribution is 6.30. The number of hydrogen-bond acceptors (Lipinski definition) is 5. The number of carbonyl (C=O) groups is 2. The molecule has 2 aliphatic rings. The van der Waals surface area contributed by atoms with E-state index in [1.54, 1.807) is 36.4 Å². The molecule has 0 N–H and O–H groups in total. The number of halogens is 1. The average molecular weight is 355 g/mol. The standard InChI is InChI=1S/C18H15ClN4O2/c1-2-11-3-7-13(8-4-11)22-17(24)15-16(18(22)25)23(21-20-15)14-9-5-12(19)6-10-14/h3-10,15-16H,2H2,1H3/t15-,16-/m1/s1. The summed E-state index contributed by atoms with van der Waals surface area (Å²) in [7, 11) is 0. The summed E-state index contributed by atoms with van der Waals surface area (Å²) in [5.74, 6) is -0.668. The third-order valence-corrected chi connectivity index (χ3v) is 4.73. The number of carbonyl (C=O) groups excluding carboxylic acids is 2. The van der Waals surface area contributed by atoms with Gasteiger partial charge in [0, 0.05) is 5.02 Å². The third kappa shape index (κ3) is 2.49. The van der Waals surface area contributed by atoms with E-state index in [-0.39, 0.29) is 11.8 Å². The highest BCUT2D eigenvalue weighted by atomic mass is 35.5. The second-order valence-electron chi connectivity index (χ2n) is 5.95. The summed E-state index contributed by atoms with van der Waals surface area (Å²) in [6, 6.07) is 12.8. The lowest BCUT2D eigenvalue weighted by Crippen LogP contribution is -2.39. The van der Waals surface area contributed by atoms with Gasteiger partial charge in [0.1, 0.15) is 0 Å². The fraction of sp³-hybridized carbons (Fsp3) is 0.222. The van der Waals surface area contributed by atoms with E-state index < -0.39 is 12.1 Å². The molecular formula is C18H15ClN4O2. The first-order valence-electron chi connectivity index (χ1n) is 8.02. The van der Waals surface area contributed by atoms with Crippen molar-refractivity contribution < 1.29 is 9.59 Å². The summed E-state index contributed by atoms with van der Waals surface area (Å²) in [6.45, 7) is 2.05. The molecule has 1 fully saturated rings. The van der Waals surface area contributed by atoms with Crippen LogP contribution < -0.4 is 9.91 Å². The predicted molar refractivity (Wildman–Crippen MR) is 94.7 cm³/mol. The molecule has 0 bridgehead atoms. The number of aryl methyl sites for hydroxylation is 1. The molecule has 2 amide bonds. The second-order valence-corrected chi connectivity index (χ2v) is 6.38. The number of rotatable bonds is 3. The van der Waals surface area contributed by atoms with Crippen molar-refractivity contribution in [2.24, 2.45) is 10.3 Å². The second kappa shape index (κ2) is 5.97. The monoisotopic (exact) mass is 354 g/mol. The van der Waals surface area contributed by atoms with Gasteiger partial charge in [-0.1, -0.05) is 35.9 Å². The van der Waals surface area contributed by atoms with Gasteiger partial charge in [-0.15, -0.1) is 0 Å². The smallest absolute Gasteiger partial charge is 0.263 e. The molecule has 0 radical (unpaired) electrons. The molecule has 1 saturated heterocycles. The van der Waals surface area contributed by atoms with Crippen LogP contribution in [0.25, 0.3) is 0 Å². The van der Waals surface area contributed by atoms with Gasteiger partial charge in [-0.2, -0.15) is 5.11 Å².